The first-order chi connectivity index (χ1) is 10.3. The summed E-state index contributed by atoms with van der Waals surface area (Å²) in [6, 6.07) is 13.2. The molecule has 5 nitrogen and oxygen atoms in total. The molecule has 0 aliphatic heterocycles. The fourth-order valence-electron chi connectivity index (χ4n) is 2.01. The normalized spacial score (nSPS) is 10.3. The van der Waals surface area contributed by atoms with E-state index in [9.17, 15) is 0 Å². The van der Waals surface area contributed by atoms with Gasteiger partial charge in [-0.1, -0.05) is 23.4 Å². The minimum Gasteiger partial charge on any atom is -0.339 e. The van der Waals surface area contributed by atoms with Gasteiger partial charge >= 0.3 is 0 Å². The third-order valence-electron chi connectivity index (χ3n) is 3.13. The van der Waals surface area contributed by atoms with Crippen LogP contribution in [0.4, 0.5) is 0 Å². The summed E-state index contributed by atoms with van der Waals surface area (Å²) in [4.78, 5) is 8.64. The molecule has 0 saturated carbocycles. The molecule has 5 heteroatoms. The van der Waals surface area contributed by atoms with E-state index in [-0.39, 0.29) is 0 Å². The topological polar surface area (TPSA) is 75.6 Å². The quantitative estimate of drug-likeness (QED) is 0.735. The second kappa shape index (κ2) is 5.55. The van der Waals surface area contributed by atoms with Gasteiger partial charge in [0.25, 0.3) is 0 Å². The van der Waals surface area contributed by atoms with Crippen molar-refractivity contribution in [3.8, 4) is 17.6 Å². The molecule has 0 aliphatic carbocycles. The van der Waals surface area contributed by atoms with Gasteiger partial charge in [0.15, 0.2) is 0 Å². The van der Waals surface area contributed by atoms with Crippen LogP contribution in [0, 0.1) is 18.3 Å². The van der Waals surface area contributed by atoms with Crippen LogP contribution in [0.25, 0.3) is 11.5 Å². The highest BCUT2D eigenvalue weighted by Gasteiger charge is 2.12. The third kappa shape index (κ3) is 2.79. The minimum atomic E-state index is 0.497. The standard InChI is InChI=1S/C16H12N4O/c1-11-3-2-8-18-15(11)16-19-14(21-20-16)9-12-4-6-13(10-17)7-5-12/h2-8H,9H2,1H3. The smallest absolute Gasteiger partial charge is 0.231 e. The van der Waals surface area contributed by atoms with Gasteiger partial charge in [0.05, 0.1) is 18.1 Å². The zero-order chi connectivity index (χ0) is 14.7. The maximum atomic E-state index is 8.78. The molecule has 0 unspecified atom stereocenters. The second-order valence-corrected chi connectivity index (χ2v) is 4.67. The van der Waals surface area contributed by atoms with E-state index in [1.54, 1.807) is 18.3 Å². The molecule has 21 heavy (non-hydrogen) atoms. The molecular formula is C16H12N4O. The Hall–Kier alpha value is -3.00. The molecular weight excluding hydrogens is 264 g/mol. The average molecular weight is 276 g/mol. The Morgan fingerprint density at radius 2 is 2.00 bits per heavy atom. The van der Waals surface area contributed by atoms with Crippen LogP contribution >= 0.6 is 0 Å². The van der Waals surface area contributed by atoms with E-state index in [0.29, 0.717) is 23.7 Å². The molecule has 0 bridgehead atoms. The summed E-state index contributed by atoms with van der Waals surface area (Å²) >= 11 is 0. The lowest BCUT2D eigenvalue weighted by atomic mass is 10.1. The van der Waals surface area contributed by atoms with Crippen molar-refractivity contribution >= 4 is 0 Å². The molecule has 0 aliphatic rings. The molecule has 0 spiro atoms. The highest BCUT2D eigenvalue weighted by Crippen LogP contribution is 2.18. The summed E-state index contributed by atoms with van der Waals surface area (Å²) in [5, 5.41) is 12.8. The Morgan fingerprint density at radius 3 is 2.71 bits per heavy atom. The molecule has 0 atom stereocenters. The van der Waals surface area contributed by atoms with Crippen molar-refractivity contribution in [2.45, 2.75) is 13.3 Å². The van der Waals surface area contributed by atoms with Gasteiger partial charge in [-0.15, -0.1) is 0 Å². The summed E-state index contributed by atoms with van der Waals surface area (Å²) in [7, 11) is 0. The number of nitriles is 1. The monoisotopic (exact) mass is 276 g/mol. The number of aromatic nitrogens is 3. The molecule has 0 N–H and O–H groups in total. The van der Waals surface area contributed by atoms with Crippen LogP contribution in [0.15, 0.2) is 47.1 Å². The molecule has 3 aromatic rings. The first kappa shape index (κ1) is 13.0. The molecule has 2 heterocycles. The maximum Gasteiger partial charge on any atom is 0.231 e. The predicted molar refractivity (Wildman–Crippen MR) is 76.2 cm³/mol. The van der Waals surface area contributed by atoms with Gasteiger partial charge in [0.2, 0.25) is 11.7 Å². The Kier molecular flexibility index (Phi) is 3.44. The van der Waals surface area contributed by atoms with Crippen LogP contribution in [-0.2, 0) is 6.42 Å². The van der Waals surface area contributed by atoms with Gasteiger partial charge in [-0.05, 0) is 36.2 Å². The van der Waals surface area contributed by atoms with Gasteiger partial charge in [0.1, 0.15) is 5.69 Å². The molecule has 102 valence electrons. The van der Waals surface area contributed by atoms with Crippen molar-refractivity contribution in [2.75, 3.05) is 0 Å². The van der Waals surface area contributed by atoms with Crippen LogP contribution in [0.1, 0.15) is 22.6 Å². The molecule has 0 saturated heterocycles. The van der Waals surface area contributed by atoms with E-state index in [4.69, 9.17) is 9.78 Å². The molecule has 3 rings (SSSR count). The summed E-state index contributed by atoms with van der Waals surface area (Å²) in [5.74, 6) is 1.02. The largest absolute Gasteiger partial charge is 0.339 e. The van der Waals surface area contributed by atoms with Crippen LogP contribution < -0.4 is 0 Å². The van der Waals surface area contributed by atoms with Crippen molar-refractivity contribution in [3.05, 3.63) is 65.2 Å². The Balaban J connectivity index is 1.82. The lowest BCUT2D eigenvalue weighted by Gasteiger charge is -1.97. The third-order valence-corrected chi connectivity index (χ3v) is 3.13. The number of aryl methyl sites for hydroxylation is 1. The van der Waals surface area contributed by atoms with Crippen LogP contribution in [-0.4, -0.2) is 15.1 Å². The number of nitrogens with zero attached hydrogens (tertiary/aromatic N) is 4. The molecule has 0 fully saturated rings. The van der Waals surface area contributed by atoms with E-state index in [0.717, 1.165) is 16.8 Å². The van der Waals surface area contributed by atoms with E-state index in [2.05, 4.69) is 21.2 Å². The summed E-state index contributed by atoms with van der Waals surface area (Å²) in [6.45, 7) is 1.96. The average Bonchev–Trinajstić information content (AvgIpc) is 2.97. The molecule has 0 radical (unpaired) electrons. The van der Waals surface area contributed by atoms with Crippen molar-refractivity contribution in [3.63, 3.8) is 0 Å². The van der Waals surface area contributed by atoms with Gasteiger partial charge in [-0.2, -0.15) is 10.2 Å². The Labute approximate surface area is 121 Å². The van der Waals surface area contributed by atoms with Crippen LogP contribution in [0.5, 0.6) is 0 Å². The summed E-state index contributed by atoms with van der Waals surface area (Å²) in [5.41, 5.74) is 3.38. The van der Waals surface area contributed by atoms with Crippen molar-refractivity contribution in [1.82, 2.24) is 15.1 Å². The lowest BCUT2D eigenvalue weighted by Crippen LogP contribution is -1.91. The summed E-state index contributed by atoms with van der Waals surface area (Å²) in [6.07, 6.45) is 2.24. The molecule has 1 aromatic carbocycles. The van der Waals surface area contributed by atoms with E-state index < -0.39 is 0 Å². The van der Waals surface area contributed by atoms with Crippen molar-refractivity contribution in [2.24, 2.45) is 0 Å². The summed E-state index contributed by atoms with van der Waals surface area (Å²) < 4.78 is 5.27. The molecule has 0 amide bonds. The Morgan fingerprint density at radius 1 is 1.19 bits per heavy atom. The fraction of sp³-hybridized carbons (Fsp3) is 0.125. The van der Waals surface area contributed by atoms with Crippen LogP contribution in [0.2, 0.25) is 0 Å². The molecule has 2 aromatic heterocycles. The van der Waals surface area contributed by atoms with Crippen molar-refractivity contribution < 1.29 is 4.52 Å². The highest BCUT2D eigenvalue weighted by atomic mass is 16.5. The van der Waals surface area contributed by atoms with Crippen molar-refractivity contribution in [1.29, 1.82) is 5.26 Å². The minimum absolute atomic E-state index is 0.497. The lowest BCUT2D eigenvalue weighted by molar-refractivity contribution is 0.385. The number of hydrogen-bond acceptors (Lipinski definition) is 5. The second-order valence-electron chi connectivity index (χ2n) is 4.67. The van der Waals surface area contributed by atoms with E-state index in [1.165, 1.54) is 0 Å². The number of pyridine rings is 1. The number of benzene rings is 1. The first-order valence-electron chi connectivity index (χ1n) is 6.50. The van der Waals surface area contributed by atoms with Gasteiger partial charge in [-0.3, -0.25) is 4.98 Å². The van der Waals surface area contributed by atoms with E-state index >= 15 is 0 Å². The number of hydrogen-bond donors (Lipinski definition) is 0. The zero-order valence-electron chi connectivity index (χ0n) is 11.4. The van der Waals surface area contributed by atoms with E-state index in [1.807, 2.05) is 31.2 Å². The maximum absolute atomic E-state index is 8.78. The van der Waals surface area contributed by atoms with Gasteiger partial charge < -0.3 is 4.52 Å². The van der Waals surface area contributed by atoms with Crippen LogP contribution in [0.3, 0.4) is 0 Å². The van der Waals surface area contributed by atoms with Gasteiger partial charge in [-0.25, -0.2) is 0 Å². The first-order valence-corrected chi connectivity index (χ1v) is 6.50. The fourth-order valence-corrected chi connectivity index (χ4v) is 2.01. The Bertz CT molecular complexity index is 800. The predicted octanol–water partition coefficient (Wildman–Crippen LogP) is 2.90. The number of rotatable bonds is 3. The SMILES string of the molecule is Cc1cccnc1-c1noc(Cc2ccc(C#N)cc2)n1. The van der Waals surface area contributed by atoms with Gasteiger partial charge in [0, 0.05) is 6.20 Å². The zero-order valence-corrected chi connectivity index (χ0v) is 11.4. The highest BCUT2D eigenvalue weighted by molar-refractivity contribution is 5.53.